The lowest BCUT2D eigenvalue weighted by molar-refractivity contribution is -0.116. The van der Waals surface area contributed by atoms with E-state index in [0.717, 1.165) is 17.2 Å². The molecular weight excluding hydrogens is 438 g/mol. The number of rotatable bonds is 8. The summed E-state index contributed by atoms with van der Waals surface area (Å²) >= 11 is 0. The zero-order valence-corrected chi connectivity index (χ0v) is 18.3. The van der Waals surface area contributed by atoms with Gasteiger partial charge >= 0.3 is 18.0 Å². The Labute approximate surface area is 195 Å². The second-order valence-electron chi connectivity index (χ2n) is 7.60. The summed E-state index contributed by atoms with van der Waals surface area (Å²) in [7, 11) is 0. The maximum absolute atomic E-state index is 12.3. The van der Waals surface area contributed by atoms with Gasteiger partial charge < -0.3 is 26.2 Å². The van der Waals surface area contributed by atoms with E-state index in [9.17, 15) is 19.2 Å². The number of anilines is 3. The van der Waals surface area contributed by atoms with Crippen molar-refractivity contribution in [2.75, 3.05) is 16.0 Å². The molecule has 9 nitrogen and oxygen atoms in total. The van der Waals surface area contributed by atoms with Crippen LogP contribution in [0.4, 0.5) is 21.9 Å². The standard InChI is InChI=1S/C25H23N3O6/c1-15-2-7-19(8-3-15)27-25(34)28-20-9-4-16(5-10-20)6-11-22(29)26-21-13-17(23(30)31)12-18(14-21)24(32)33/h2-5,7-10,12-14H,6,11H2,1H3,(H,26,29)(H,30,31)(H,32,33)(H2,27,28,34). The van der Waals surface area contributed by atoms with E-state index in [-0.39, 0.29) is 29.3 Å². The molecule has 0 saturated heterocycles. The van der Waals surface area contributed by atoms with Crippen LogP contribution in [0.2, 0.25) is 0 Å². The van der Waals surface area contributed by atoms with Crippen LogP contribution in [0, 0.1) is 6.92 Å². The maximum atomic E-state index is 12.3. The molecule has 5 N–H and O–H groups in total. The molecular formula is C25H23N3O6. The molecule has 0 bridgehead atoms. The van der Waals surface area contributed by atoms with Crippen molar-refractivity contribution in [1.29, 1.82) is 0 Å². The molecule has 0 aliphatic rings. The summed E-state index contributed by atoms with van der Waals surface area (Å²) in [6.07, 6.45) is 0.493. The minimum Gasteiger partial charge on any atom is -0.478 e. The van der Waals surface area contributed by atoms with Crippen molar-refractivity contribution in [3.8, 4) is 0 Å². The summed E-state index contributed by atoms with van der Waals surface area (Å²) in [6, 6.07) is 17.5. The van der Waals surface area contributed by atoms with Crippen LogP contribution in [0.15, 0.2) is 66.7 Å². The second-order valence-corrected chi connectivity index (χ2v) is 7.60. The highest BCUT2D eigenvalue weighted by Gasteiger charge is 2.13. The third-order valence-electron chi connectivity index (χ3n) is 4.87. The zero-order chi connectivity index (χ0) is 24.7. The molecule has 0 heterocycles. The molecule has 0 atom stereocenters. The number of carbonyl (C=O) groups is 4. The molecule has 34 heavy (non-hydrogen) atoms. The highest BCUT2D eigenvalue weighted by molar-refractivity contribution is 6.00. The Hall–Kier alpha value is -4.66. The highest BCUT2D eigenvalue weighted by Crippen LogP contribution is 2.17. The molecule has 3 aromatic rings. The zero-order valence-electron chi connectivity index (χ0n) is 18.3. The molecule has 174 valence electrons. The van der Waals surface area contributed by atoms with Crippen LogP contribution in [-0.2, 0) is 11.2 Å². The van der Waals surface area contributed by atoms with Gasteiger partial charge in [-0.15, -0.1) is 0 Å². The number of aryl methyl sites for hydroxylation is 2. The Balaban J connectivity index is 1.52. The number of nitrogens with one attached hydrogen (secondary N) is 3. The lowest BCUT2D eigenvalue weighted by Crippen LogP contribution is -2.19. The van der Waals surface area contributed by atoms with Gasteiger partial charge in [-0.3, -0.25) is 4.79 Å². The number of aromatic carboxylic acids is 2. The smallest absolute Gasteiger partial charge is 0.335 e. The number of carboxylic acids is 2. The molecule has 3 aromatic carbocycles. The largest absolute Gasteiger partial charge is 0.478 e. The van der Waals surface area contributed by atoms with Gasteiger partial charge in [0.1, 0.15) is 0 Å². The molecule has 0 saturated carbocycles. The summed E-state index contributed by atoms with van der Waals surface area (Å²) < 4.78 is 0. The molecule has 3 rings (SSSR count). The van der Waals surface area contributed by atoms with Crippen molar-refractivity contribution in [3.63, 3.8) is 0 Å². The van der Waals surface area contributed by atoms with Gasteiger partial charge in [-0.25, -0.2) is 14.4 Å². The molecule has 0 fully saturated rings. The van der Waals surface area contributed by atoms with Crippen molar-refractivity contribution >= 4 is 40.9 Å². The van der Waals surface area contributed by atoms with E-state index < -0.39 is 17.8 Å². The predicted octanol–water partition coefficient (Wildman–Crippen LogP) is 4.61. The lowest BCUT2D eigenvalue weighted by atomic mass is 10.1. The first-order chi connectivity index (χ1) is 16.2. The first kappa shape index (κ1) is 24.0. The van der Waals surface area contributed by atoms with E-state index in [1.54, 1.807) is 24.3 Å². The van der Waals surface area contributed by atoms with Gasteiger partial charge in [-0.2, -0.15) is 0 Å². The minimum atomic E-state index is -1.29. The fourth-order valence-electron chi connectivity index (χ4n) is 3.11. The van der Waals surface area contributed by atoms with E-state index in [4.69, 9.17) is 10.2 Å². The number of amides is 3. The average molecular weight is 461 g/mol. The quantitative estimate of drug-likeness (QED) is 0.331. The van der Waals surface area contributed by atoms with Gasteiger partial charge in [0, 0.05) is 23.5 Å². The van der Waals surface area contributed by atoms with Gasteiger partial charge in [-0.1, -0.05) is 29.8 Å². The van der Waals surface area contributed by atoms with E-state index in [1.807, 2.05) is 31.2 Å². The summed E-state index contributed by atoms with van der Waals surface area (Å²) in [6.45, 7) is 1.96. The molecule has 0 aromatic heterocycles. The molecule has 0 radical (unpaired) electrons. The summed E-state index contributed by atoms with van der Waals surface area (Å²) in [5, 5.41) is 26.3. The molecule has 9 heteroatoms. The predicted molar refractivity (Wildman–Crippen MR) is 128 cm³/mol. The second kappa shape index (κ2) is 10.8. The number of carbonyl (C=O) groups excluding carboxylic acids is 2. The van der Waals surface area contributed by atoms with E-state index >= 15 is 0 Å². The molecule has 0 aliphatic heterocycles. The fraction of sp³-hybridized carbons (Fsp3) is 0.120. The normalized spacial score (nSPS) is 10.3. The van der Waals surface area contributed by atoms with Crippen molar-refractivity contribution < 1.29 is 29.4 Å². The summed E-state index contributed by atoms with van der Waals surface area (Å²) in [5.74, 6) is -2.97. The monoisotopic (exact) mass is 461 g/mol. The Morgan fingerprint density at radius 2 is 1.18 bits per heavy atom. The van der Waals surface area contributed by atoms with Gasteiger partial charge in [0.2, 0.25) is 5.91 Å². The Morgan fingerprint density at radius 1 is 0.676 bits per heavy atom. The summed E-state index contributed by atoms with van der Waals surface area (Å²) in [5.41, 5.74) is 2.84. The van der Waals surface area contributed by atoms with Crippen LogP contribution >= 0.6 is 0 Å². The first-order valence-corrected chi connectivity index (χ1v) is 10.3. The average Bonchev–Trinajstić information content (AvgIpc) is 2.80. The topological polar surface area (TPSA) is 145 Å². The molecule has 0 unspecified atom stereocenters. The van der Waals surface area contributed by atoms with Crippen LogP contribution in [0.3, 0.4) is 0 Å². The van der Waals surface area contributed by atoms with Crippen LogP contribution < -0.4 is 16.0 Å². The van der Waals surface area contributed by atoms with Crippen molar-refractivity contribution in [2.45, 2.75) is 19.8 Å². The van der Waals surface area contributed by atoms with Crippen LogP contribution in [0.25, 0.3) is 0 Å². The van der Waals surface area contributed by atoms with E-state index in [1.165, 1.54) is 12.1 Å². The lowest BCUT2D eigenvalue weighted by Gasteiger charge is -2.09. The maximum Gasteiger partial charge on any atom is 0.335 e. The van der Waals surface area contributed by atoms with Crippen LogP contribution in [0.1, 0.15) is 38.3 Å². The Kier molecular flexibility index (Phi) is 7.60. The van der Waals surface area contributed by atoms with Gasteiger partial charge in [-0.05, 0) is 61.4 Å². The Bertz CT molecular complexity index is 1190. The SMILES string of the molecule is Cc1ccc(NC(=O)Nc2ccc(CCC(=O)Nc3cc(C(=O)O)cc(C(=O)O)c3)cc2)cc1. The van der Waals surface area contributed by atoms with Gasteiger partial charge in [0.05, 0.1) is 11.1 Å². The fourth-order valence-corrected chi connectivity index (χ4v) is 3.11. The summed E-state index contributed by atoms with van der Waals surface area (Å²) in [4.78, 5) is 46.8. The van der Waals surface area contributed by atoms with Crippen molar-refractivity contribution in [3.05, 3.63) is 89.0 Å². The number of carboxylic acid groups (broad SMARTS) is 2. The molecule has 3 amide bonds. The number of urea groups is 1. The van der Waals surface area contributed by atoms with Crippen LogP contribution in [0.5, 0.6) is 0 Å². The van der Waals surface area contributed by atoms with Gasteiger partial charge in [0.15, 0.2) is 0 Å². The third kappa shape index (κ3) is 6.92. The first-order valence-electron chi connectivity index (χ1n) is 10.3. The number of hydrogen-bond acceptors (Lipinski definition) is 4. The highest BCUT2D eigenvalue weighted by atomic mass is 16.4. The van der Waals surface area contributed by atoms with Gasteiger partial charge in [0.25, 0.3) is 0 Å². The van der Waals surface area contributed by atoms with E-state index in [0.29, 0.717) is 17.8 Å². The minimum absolute atomic E-state index is 0.0976. The number of hydrogen-bond donors (Lipinski definition) is 5. The van der Waals surface area contributed by atoms with Crippen molar-refractivity contribution in [2.24, 2.45) is 0 Å². The Morgan fingerprint density at radius 3 is 1.68 bits per heavy atom. The van der Waals surface area contributed by atoms with Crippen LogP contribution in [-0.4, -0.2) is 34.1 Å². The van der Waals surface area contributed by atoms with E-state index in [2.05, 4.69) is 16.0 Å². The van der Waals surface area contributed by atoms with Crippen molar-refractivity contribution in [1.82, 2.24) is 0 Å². The molecule has 0 spiro atoms. The third-order valence-corrected chi connectivity index (χ3v) is 4.87. The number of benzene rings is 3. The molecule has 0 aliphatic carbocycles.